The van der Waals surface area contributed by atoms with E-state index in [0.717, 1.165) is 0 Å². The van der Waals surface area contributed by atoms with Crippen molar-refractivity contribution < 1.29 is 29.3 Å². The Hall–Kier alpha value is -1.45. The summed E-state index contributed by atoms with van der Waals surface area (Å²) in [5.41, 5.74) is -1.80. The maximum Gasteiger partial charge on any atom is 0.310 e. The maximum atomic E-state index is 14.1. The highest BCUT2D eigenvalue weighted by atomic mass is 79.9. The summed E-state index contributed by atoms with van der Waals surface area (Å²) >= 11 is 3.54. The highest BCUT2D eigenvalue weighted by Gasteiger charge is 2.77. The average molecular weight is 515 g/mol. The summed E-state index contributed by atoms with van der Waals surface area (Å²) in [6.45, 7) is 13.4. The molecule has 7 atom stereocenters. The van der Waals surface area contributed by atoms with Gasteiger partial charge >= 0.3 is 5.97 Å². The fourth-order valence-electron chi connectivity index (χ4n) is 5.81. The number of hydrogen-bond donors (Lipinski definition) is 2. The predicted molar refractivity (Wildman–Crippen MR) is 122 cm³/mol. The summed E-state index contributed by atoms with van der Waals surface area (Å²) in [5.74, 6) is -3.65. The number of halogens is 1. The second-order valence-corrected chi connectivity index (χ2v) is 11.8. The molecule has 0 radical (unpaired) electrons. The van der Waals surface area contributed by atoms with E-state index in [-0.39, 0.29) is 29.8 Å². The highest BCUT2D eigenvalue weighted by Crippen LogP contribution is 2.60. The van der Waals surface area contributed by atoms with E-state index in [1.807, 2.05) is 34.6 Å². The van der Waals surface area contributed by atoms with Gasteiger partial charge in [-0.05, 0) is 39.5 Å². The van der Waals surface area contributed by atoms with Crippen LogP contribution < -0.4 is 0 Å². The van der Waals surface area contributed by atoms with Crippen molar-refractivity contribution in [2.75, 3.05) is 13.2 Å². The molecule has 0 aliphatic carbocycles. The van der Waals surface area contributed by atoms with Gasteiger partial charge in [0.2, 0.25) is 11.8 Å². The average Bonchev–Trinajstić information content (AvgIpc) is 3.26. The number of carboxylic acids is 1. The Morgan fingerprint density at radius 2 is 2.03 bits per heavy atom. The number of amides is 2. The van der Waals surface area contributed by atoms with Crippen molar-refractivity contribution in [2.24, 2.45) is 17.8 Å². The van der Waals surface area contributed by atoms with E-state index in [1.54, 1.807) is 11.0 Å². The van der Waals surface area contributed by atoms with Crippen molar-refractivity contribution in [1.29, 1.82) is 0 Å². The quantitative estimate of drug-likeness (QED) is 0.379. The lowest BCUT2D eigenvalue weighted by Gasteiger charge is -2.43. The monoisotopic (exact) mass is 514 g/mol. The number of nitrogens with zero attached hydrogens (tertiary/aromatic N) is 2. The Balaban J connectivity index is 2.17. The summed E-state index contributed by atoms with van der Waals surface area (Å²) in [7, 11) is 0. The molecule has 3 aliphatic rings. The van der Waals surface area contributed by atoms with Crippen LogP contribution in [0.2, 0.25) is 0 Å². The summed E-state index contributed by atoms with van der Waals surface area (Å²) in [6.07, 6.45) is 1.80. The predicted octanol–water partition coefficient (Wildman–Crippen LogP) is 2.04. The van der Waals surface area contributed by atoms with Crippen molar-refractivity contribution >= 4 is 33.7 Å². The lowest BCUT2D eigenvalue weighted by Crippen LogP contribution is -2.62. The van der Waals surface area contributed by atoms with Crippen LogP contribution in [-0.4, -0.2) is 85.1 Å². The molecule has 0 aromatic carbocycles. The zero-order valence-electron chi connectivity index (χ0n) is 19.5. The van der Waals surface area contributed by atoms with E-state index in [2.05, 4.69) is 22.5 Å². The summed E-state index contributed by atoms with van der Waals surface area (Å²) in [4.78, 5) is 42.9. The first kappa shape index (κ1) is 25.2. The molecule has 32 heavy (non-hydrogen) atoms. The molecule has 0 aromatic rings. The third-order valence-corrected chi connectivity index (χ3v) is 7.83. The Morgan fingerprint density at radius 1 is 1.41 bits per heavy atom. The number of carbonyl (C=O) groups excluding carboxylic acids is 2. The van der Waals surface area contributed by atoms with Crippen LogP contribution in [0.25, 0.3) is 0 Å². The van der Waals surface area contributed by atoms with Crippen LogP contribution in [-0.2, 0) is 19.1 Å². The number of aliphatic hydroxyl groups excluding tert-OH is 1. The number of likely N-dealkylation sites (tertiary alicyclic amines) is 1. The summed E-state index contributed by atoms with van der Waals surface area (Å²) in [5, 5.41) is 20.2. The second-order valence-electron chi connectivity index (χ2n) is 10.6. The Morgan fingerprint density at radius 3 is 2.50 bits per heavy atom. The Labute approximate surface area is 198 Å². The van der Waals surface area contributed by atoms with Crippen LogP contribution >= 0.6 is 15.9 Å². The number of alkyl halides is 1. The molecule has 3 heterocycles. The number of hydrogen-bond acceptors (Lipinski definition) is 5. The van der Waals surface area contributed by atoms with Crippen LogP contribution in [0.15, 0.2) is 12.7 Å². The molecule has 0 aromatic heterocycles. The molecule has 1 spiro atoms. The second kappa shape index (κ2) is 8.72. The van der Waals surface area contributed by atoms with Gasteiger partial charge < -0.3 is 24.7 Å². The van der Waals surface area contributed by atoms with Crippen LogP contribution in [0.3, 0.4) is 0 Å². The van der Waals surface area contributed by atoms with Crippen molar-refractivity contribution in [3.05, 3.63) is 12.7 Å². The molecule has 3 fully saturated rings. The van der Waals surface area contributed by atoms with Gasteiger partial charge in [-0.1, -0.05) is 35.9 Å². The van der Waals surface area contributed by atoms with Gasteiger partial charge in [0.15, 0.2) is 0 Å². The first-order valence-electron chi connectivity index (χ1n) is 11.2. The van der Waals surface area contributed by atoms with Gasteiger partial charge in [-0.3, -0.25) is 14.4 Å². The summed E-state index contributed by atoms with van der Waals surface area (Å²) in [6, 6.07) is -1.61. The first-order chi connectivity index (χ1) is 14.8. The standard InChI is InChI=1S/C23H35BrN2O6/c1-7-8-25(22(4,5)6)20(29)18-23-10-14(24)17(32-23)15(21(30)31)16(23)19(28)26(18)13(11-27)9-12(2)3/h7,12-18,27H,1,8-11H2,2-6H3,(H,30,31)/t13-,14?,15-,16+,17-,18?,23?/m1/s1. The van der Waals surface area contributed by atoms with Gasteiger partial charge in [0.05, 0.1) is 30.6 Å². The smallest absolute Gasteiger partial charge is 0.310 e. The third kappa shape index (κ3) is 3.80. The Kier molecular flexibility index (Phi) is 6.86. The van der Waals surface area contributed by atoms with Crippen molar-refractivity contribution in [2.45, 2.75) is 81.6 Å². The topological polar surface area (TPSA) is 107 Å². The SMILES string of the molecule is C=CCN(C(=O)C1N([C@@H](CO)CC(C)C)C(=O)[C@@H]2[C@@H](C(=O)O)[C@@H]3OC12CC3Br)C(C)(C)C. The van der Waals surface area contributed by atoms with Gasteiger partial charge in [0.25, 0.3) is 0 Å². The van der Waals surface area contributed by atoms with E-state index >= 15 is 0 Å². The van der Waals surface area contributed by atoms with Gasteiger partial charge in [-0.2, -0.15) is 0 Å². The van der Waals surface area contributed by atoms with Crippen LogP contribution in [0.5, 0.6) is 0 Å². The third-order valence-electron chi connectivity index (χ3n) is 6.98. The minimum absolute atomic E-state index is 0.164. The van der Waals surface area contributed by atoms with E-state index in [9.17, 15) is 24.6 Å². The number of aliphatic hydroxyl groups is 1. The number of ether oxygens (including phenoxy) is 1. The number of carboxylic acid groups (broad SMARTS) is 1. The van der Waals surface area contributed by atoms with E-state index in [0.29, 0.717) is 12.8 Å². The number of carbonyl (C=O) groups is 3. The lowest BCUT2D eigenvalue weighted by atomic mass is 9.70. The van der Waals surface area contributed by atoms with Gasteiger partial charge in [0, 0.05) is 16.9 Å². The van der Waals surface area contributed by atoms with Gasteiger partial charge in [0.1, 0.15) is 11.6 Å². The fourth-order valence-corrected chi connectivity index (χ4v) is 6.76. The van der Waals surface area contributed by atoms with Crippen molar-refractivity contribution in [3.63, 3.8) is 0 Å². The van der Waals surface area contributed by atoms with Crippen molar-refractivity contribution in [3.8, 4) is 0 Å². The van der Waals surface area contributed by atoms with E-state index < -0.39 is 53.0 Å². The molecule has 2 amide bonds. The normalized spacial score (nSPS) is 34.7. The van der Waals surface area contributed by atoms with Crippen LogP contribution in [0.1, 0.15) is 47.5 Å². The highest BCUT2D eigenvalue weighted by molar-refractivity contribution is 9.09. The van der Waals surface area contributed by atoms with Gasteiger partial charge in [-0.15, -0.1) is 6.58 Å². The zero-order valence-corrected chi connectivity index (χ0v) is 21.0. The molecular weight excluding hydrogens is 480 g/mol. The molecule has 3 aliphatic heterocycles. The fraction of sp³-hybridized carbons (Fsp3) is 0.783. The molecule has 8 nitrogen and oxygen atoms in total. The van der Waals surface area contributed by atoms with Crippen LogP contribution in [0.4, 0.5) is 0 Å². The molecule has 3 saturated heterocycles. The maximum absolute atomic E-state index is 14.1. The van der Waals surface area contributed by atoms with Crippen molar-refractivity contribution in [1.82, 2.24) is 9.80 Å². The number of fused-ring (bicyclic) bond motifs is 1. The molecule has 2 bridgehead atoms. The molecule has 180 valence electrons. The molecular formula is C23H35BrN2O6. The summed E-state index contributed by atoms with van der Waals surface area (Å²) < 4.78 is 6.30. The lowest BCUT2D eigenvalue weighted by molar-refractivity contribution is -0.155. The Bertz CT molecular complexity index is 796. The minimum Gasteiger partial charge on any atom is -0.481 e. The van der Waals surface area contributed by atoms with E-state index in [1.165, 1.54) is 4.90 Å². The minimum atomic E-state index is -1.24. The largest absolute Gasteiger partial charge is 0.481 e. The molecule has 0 saturated carbocycles. The number of aliphatic carboxylic acids is 1. The molecule has 9 heteroatoms. The van der Waals surface area contributed by atoms with E-state index in [4.69, 9.17) is 4.74 Å². The van der Waals surface area contributed by atoms with Crippen LogP contribution in [0, 0.1) is 17.8 Å². The van der Waals surface area contributed by atoms with Gasteiger partial charge in [-0.25, -0.2) is 0 Å². The zero-order chi connectivity index (χ0) is 24.2. The molecule has 3 rings (SSSR count). The molecule has 3 unspecified atom stereocenters. The molecule has 2 N–H and O–H groups in total. The first-order valence-corrected chi connectivity index (χ1v) is 12.1. The number of rotatable bonds is 8.